The van der Waals surface area contributed by atoms with E-state index in [4.69, 9.17) is 14.2 Å². The molecule has 1 aliphatic heterocycles. The van der Waals surface area contributed by atoms with E-state index in [0.717, 1.165) is 67.0 Å². The fraction of sp³-hybridized carbons (Fsp3) is 0.349. The van der Waals surface area contributed by atoms with E-state index in [-0.39, 0.29) is 75.8 Å². The summed E-state index contributed by atoms with van der Waals surface area (Å²) in [6, 6.07) is 29.8. The summed E-state index contributed by atoms with van der Waals surface area (Å²) in [6.45, 7) is 11.2. The van der Waals surface area contributed by atoms with Gasteiger partial charge in [-0.05, 0) is 75.6 Å². The second-order valence-corrected chi connectivity index (χ2v) is 13.7. The third-order valence-corrected chi connectivity index (χ3v) is 9.61. The molecule has 4 aromatic carbocycles. The van der Waals surface area contributed by atoms with Crippen molar-refractivity contribution in [2.24, 2.45) is 0 Å². The Kier molecular flexibility index (Phi) is 14.6. The third-order valence-electron chi connectivity index (χ3n) is 9.61. The molecule has 0 amide bonds. The largest absolute Gasteiger partial charge is 1.00 e. The Morgan fingerprint density at radius 1 is 0.811 bits per heavy atom. The normalized spacial score (nSPS) is 13.8. The molecule has 1 atom stereocenters. The first-order valence-electron chi connectivity index (χ1n) is 18.2. The summed E-state index contributed by atoms with van der Waals surface area (Å²) >= 11 is 0. The van der Waals surface area contributed by atoms with Crippen LogP contribution in [0.1, 0.15) is 66.3 Å². The molecule has 53 heavy (non-hydrogen) atoms. The zero-order valence-electron chi connectivity index (χ0n) is 31.5. The number of methoxy groups -OCH3 is 1. The quantitative estimate of drug-likeness (QED) is 0.111. The molecule has 5 aromatic rings. The Labute approximate surface area is 355 Å². The van der Waals surface area contributed by atoms with Crippen molar-refractivity contribution in [3.8, 4) is 17.2 Å². The van der Waals surface area contributed by atoms with Crippen LogP contribution in [0.2, 0.25) is 0 Å². The van der Waals surface area contributed by atoms with E-state index in [0.29, 0.717) is 35.6 Å². The number of carboxylic acids is 1. The van der Waals surface area contributed by atoms with Crippen molar-refractivity contribution >= 4 is 28.3 Å². The van der Waals surface area contributed by atoms with Gasteiger partial charge in [-0.2, -0.15) is 0 Å². The van der Waals surface area contributed by atoms with Crippen LogP contribution in [0.15, 0.2) is 97.2 Å². The molecule has 0 aliphatic carbocycles. The van der Waals surface area contributed by atoms with Gasteiger partial charge in [-0.1, -0.05) is 60.2 Å². The number of benzene rings is 4. The van der Waals surface area contributed by atoms with Gasteiger partial charge in [0, 0.05) is 79.9 Å². The topological polar surface area (TPSA) is 96.3 Å². The van der Waals surface area contributed by atoms with E-state index in [1.807, 2.05) is 53.2 Å². The molecule has 1 saturated heterocycles. The molecule has 2 heterocycles. The van der Waals surface area contributed by atoms with Crippen LogP contribution < -0.4 is 75.6 Å². The number of carboxylic acid groups (broad SMARTS) is 1. The average molecular weight is 742 g/mol. The van der Waals surface area contributed by atoms with Crippen LogP contribution in [0.5, 0.6) is 17.2 Å². The number of ketones is 1. The zero-order chi connectivity index (χ0) is 36.6. The number of carbonyl (C=O) groups is 2. The number of rotatable bonds is 16. The summed E-state index contributed by atoms with van der Waals surface area (Å²) in [5.74, 6) is 0.753. The monoisotopic (exact) mass is 741 g/mol. The summed E-state index contributed by atoms with van der Waals surface area (Å²) in [5.41, 5.74) is 5.31. The van der Waals surface area contributed by atoms with Gasteiger partial charge in [0.25, 0.3) is 0 Å². The maximum atomic E-state index is 13.9. The Hall–Kier alpha value is -3.64. The van der Waals surface area contributed by atoms with Crippen LogP contribution in [0.4, 0.5) is 5.69 Å². The van der Waals surface area contributed by atoms with Crippen LogP contribution in [0, 0.1) is 6.92 Å². The van der Waals surface area contributed by atoms with Crippen molar-refractivity contribution in [2.45, 2.75) is 58.8 Å². The van der Waals surface area contributed by atoms with Crippen molar-refractivity contribution in [3.63, 3.8) is 0 Å². The number of anilines is 1. The van der Waals surface area contributed by atoms with Crippen LogP contribution in [0.25, 0.3) is 10.9 Å². The first kappa shape index (κ1) is 40.5. The molecule has 10 heteroatoms. The second-order valence-electron chi connectivity index (χ2n) is 13.7. The van der Waals surface area contributed by atoms with Gasteiger partial charge >= 0.3 is 51.4 Å². The predicted octanol–water partition coefficient (Wildman–Crippen LogP) is 3.84. The van der Waals surface area contributed by atoms with E-state index < -0.39 is 5.97 Å². The van der Waals surface area contributed by atoms with E-state index >= 15 is 0 Å². The van der Waals surface area contributed by atoms with Crippen molar-refractivity contribution in [1.29, 1.82) is 0 Å². The van der Waals surface area contributed by atoms with Crippen molar-refractivity contribution in [3.05, 3.63) is 119 Å². The molecule has 1 fully saturated rings. The van der Waals surface area contributed by atoms with Gasteiger partial charge in [-0.3, -0.25) is 9.69 Å². The van der Waals surface area contributed by atoms with Gasteiger partial charge in [0.05, 0.1) is 18.9 Å². The van der Waals surface area contributed by atoms with Gasteiger partial charge in [0.1, 0.15) is 11.9 Å². The van der Waals surface area contributed by atoms with E-state index in [9.17, 15) is 14.7 Å². The number of piperazine rings is 1. The SMILES string of the molecule is COc1cc(C(=O)c2cn(CCCC(=O)[O-])c3ccccc23)ccc1OC(CCN1CCN(c2ccccc2OC(C)C)CC1)c1ccc(C)cc1.[K+]. The number of carbonyl (C=O) groups excluding carboxylic acids is 2. The predicted molar refractivity (Wildman–Crippen MR) is 203 cm³/mol. The molecule has 1 unspecified atom stereocenters. The number of aryl methyl sites for hydroxylation is 2. The molecule has 0 radical (unpaired) electrons. The summed E-state index contributed by atoms with van der Waals surface area (Å²) in [5, 5.41) is 11.8. The number of hydrogen-bond acceptors (Lipinski definition) is 8. The van der Waals surface area contributed by atoms with E-state index in [1.165, 1.54) is 5.56 Å². The van der Waals surface area contributed by atoms with E-state index in [2.05, 4.69) is 67.0 Å². The Balaban J connectivity index is 0.00000541. The standard InChI is InChI=1S/C43H49N3O6.K/c1-30(2)51-39-13-8-7-12-37(39)45-26-24-44(25-27-45)23-21-38(32-17-15-31(3)16-18-32)52-40-20-19-33(28-41(40)50-4)43(49)35-29-46(22-9-14-42(47)48)36-11-6-5-10-34(35)36;/h5-8,10-13,15-20,28-30,38H,9,14,21-27H2,1-4H3,(H,47,48);/q;+1/p-1. The van der Waals surface area contributed by atoms with Crippen molar-refractivity contribution in [2.75, 3.05) is 44.7 Å². The number of ether oxygens (including phenoxy) is 3. The van der Waals surface area contributed by atoms with Crippen LogP contribution in [-0.2, 0) is 11.3 Å². The Bertz CT molecular complexity index is 1980. The number of nitrogens with zero attached hydrogens (tertiary/aromatic N) is 3. The second kappa shape index (κ2) is 19.1. The van der Waals surface area contributed by atoms with Crippen LogP contribution >= 0.6 is 0 Å². The molecule has 0 bridgehead atoms. The Morgan fingerprint density at radius 3 is 2.25 bits per heavy atom. The number of hydrogen-bond donors (Lipinski definition) is 0. The number of para-hydroxylation sites is 3. The summed E-state index contributed by atoms with van der Waals surface area (Å²) in [7, 11) is 1.59. The van der Waals surface area contributed by atoms with Crippen LogP contribution in [0.3, 0.4) is 0 Å². The molecule has 0 spiro atoms. The number of aliphatic carboxylic acids is 1. The molecule has 1 aliphatic rings. The molecule has 0 N–H and O–H groups in total. The van der Waals surface area contributed by atoms with Gasteiger partial charge in [0.2, 0.25) is 0 Å². The third kappa shape index (κ3) is 10.3. The van der Waals surface area contributed by atoms with Gasteiger partial charge < -0.3 is 33.6 Å². The number of aromatic nitrogens is 1. The van der Waals surface area contributed by atoms with Crippen molar-refractivity contribution < 1.29 is 80.3 Å². The summed E-state index contributed by atoms with van der Waals surface area (Å²) in [6.07, 6.45) is 2.84. The van der Waals surface area contributed by atoms with Gasteiger partial charge in [-0.15, -0.1) is 0 Å². The fourth-order valence-electron chi connectivity index (χ4n) is 6.88. The smallest absolute Gasteiger partial charge is 0.550 e. The van der Waals surface area contributed by atoms with E-state index in [1.54, 1.807) is 19.2 Å². The Morgan fingerprint density at radius 2 is 1.53 bits per heavy atom. The van der Waals surface area contributed by atoms with Gasteiger partial charge in [0.15, 0.2) is 17.3 Å². The summed E-state index contributed by atoms with van der Waals surface area (Å²) < 4.78 is 20.6. The molecule has 272 valence electrons. The maximum absolute atomic E-state index is 13.9. The minimum atomic E-state index is -1.08. The molecule has 1 aromatic heterocycles. The molecule has 9 nitrogen and oxygen atoms in total. The van der Waals surface area contributed by atoms with Gasteiger partial charge in [-0.25, -0.2) is 0 Å². The fourth-order valence-corrected chi connectivity index (χ4v) is 6.88. The number of fused-ring (bicyclic) bond motifs is 1. The zero-order valence-corrected chi connectivity index (χ0v) is 34.7. The first-order valence-corrected chi connectivity index (χ1v) is 18.2. The van der Waals surface area contributed by atoms with Crippen LogP contribution in [-0.4, -0.2) is 67.2 Å². The molecule has 0 saturated carbocycles. The maximum Gasteiger partial charge on any atom is 1.00 e. The summed E-state index contributed by atoms with van der Waals surface area (Å²) in [4.78, 5) is 29.8. The average Bonchev–Trinajstić information content (AvgIpc) is 3.52. The molecular weight excluding hydrogens is 694 g/mol. The molecule has 6 rings (SSSR count). The first-order chi connectivity index (χ1) is 25.2. The minimum Gasteiger partial charge on any atom is -0.550 e. The minimum absolute atomic E-state index is 0. The van der Waals surface area contributed by atoms with Crippen molar-refractivity contribution in [1.82, 2.24) is 9.47 Å². The molecular formula is C43H48KN3O6.